The third kappa shape index (κ3) is 5.42. The van der Waals surface area contributed by atoms with Crippen molar-refractivity contribution in [3.63, 3.8) is 0 Å². The summed E-state index contributed by atoms with van der Waals surface area (Å²) in [6.07, 6.45) is 0. The molecule has 3 N–H and O–H groups in total. The Morgan fingerprint density at radius 2 is 1.70 bits per heavy atom. The Morgan fingerprint density at radius 1 is 1.09 bits per heavy atom. The number of aliphatic hydroxyl groups is 1. The zero-order valence-electron chi connectivity index (χ0n) is 12.5. The van der Waals surface area contributed by atoms with Crippen LogP contribution in [0, 0.1) is 11.8 Å². The van der Waals surface area contributed by atoms with E-state index >= 15 is 0 Å². The van der Waals surface area contributed by atoms with Gasteiger partial charge in [0.25, 0.3) is 10.1 Å². The Hall–Kier alpha value is -2.33. The van der Waals surface area contributed by atoms with Gasteiger partial charge in [0.2, 0.25) is 0 Å². The lowest BCUT2D eigenvalue weighted by Crippen LogP contribution is -2.31. The van der Waals surface area contributed by atoms with Gasteiger partial charge in [-0.2, -0.15) is 8.42 Å². The van der Waals surface area contributed by atoms with Gasteiger partial charge in [0.15, 0.2) is 0 Å². The topological polar surface area (TPSA) is 86.6 Å². The van der Waals surface area contributed by atoms with E-state index in [1.54, 1.807) is 6.92 Å². The van der Waals surface area contributed by atoms with Crippen LogP contribution in [-0.4, -0.2) is 30.2 Å². The summed E-state index contributed by atoms with van der Waals surface area (Å²) in [5.41, 5.74) is 0.168. The van der Waals surface area contributed by atoms with E-state index < -0.39 is 15.7 Å². The first-order valence-corrected chi connectivity index (χ1v) is 8.32. The molecular weight excluding hydrogens is 314 g/mol. The van der Waals surface area contributed by atoms with Crippen molar-refractivity contribution < 1.29 is 18.1 Å². The van der Waals surface area contributed by atoms with Crippen LogP contribution in [0.15, 0.2) is 59.5 Å². The number of nitrogens with one attached hydrogen (secondary N) is 1. The summed E-state index contributed by atoms with van der Waals surface area (Å²) >= 11 is 0. The van der Waals surface area contributed by atoms with Gasteiger partial charge in [-0.3, -0.25) is 4.55 Å². The molecule has 120 valence electrons. The first-order valence-electron chi connectivity index (χ1n) is 6.88. The predicted octanol–water partition coefficient (Wildman–Crippen LogP) is 2.15. The fourth-order valence-electron chi connectivity index (χ4n) is 1.79. The summed E-state index contributed by atoms with van der Waals surface area (Å²) in [5, 5.41) is 13.2. The van der Waals surface area contributed by atoms with Gasteiger partial charge in [-0.25, -0.2) is 0 Å². The van der Waals surface area contributed by atoms with Gasteiger partial charge < -0.3 is 10.4 Å². The Kier molecular flexibility index (Phi) is 5.06. The second-order valence-corrected chi connectivity index (χ2v) is 6.66. The minimum Gasteiger partial charge on any atom is -0.381 e. The maximum absolute atomic E-state index is 11.0. The highest BCUT2D eigenvalue weighted by atomic mass is 32.2. The molecule has 0 bridgehead atoms. The molecule has 23 heavy (non-hydrogen) atoms. The average molecular weight is 331 g/mol. The first-order chi connectivity index (χ1) is 10.8. The van der Waals surface area contributed by atoms with Crippen LogP contribution in [0.4, 0.5) is 5.69 Å². The van der Waals surface area contributed by atoms with E-state index in [9.17, 15) is 13.5 Å². The number of hydrogen-bond donors (Lipinski definition) is 3. The summed E-state index contributed by atoms with van der Waals surface area (Å²) in [4.78, 5) is -0.182. The van der Waals surface area contributed by atoms with Crippen molar-refractivity contribution in [1.29, 1.82) is 0 Å². The van der Waals surface area contributed by atoms with Crippen LogP contribution >= 0.6 is 0 Å². The van der Waals surface area contributed by atoms with E-state index in [2.05, 4.69) is 17.2 Å². The molecule has 0 aliphatic heterocycles. The molecule has 5 nitrogen and oxygen atoms in total. The van der Waals surface area contributed by atoms with Crippen LogP contribution in [0.25, 0.3) is 0 Å². The molecule has 1 unspecified atom stereocenters. The maximum atomic E-state index is 11.0. The summed E-state index contributed by atoms with van der Waals surface area (Å²) in [5.74, 6) is 5.69. The Bertz CT molecular complexity index is 816. The smallest absolute Gasteiger partial charge is 0.294 e. The second kappa shape index (κ2) is 6.84. The molecule has 1 atom stereocenters. The largest absolute Gasteiger partial charge is 0.381 e. The van der Waals surface area contributed by atoms with E-state index in [1.165, 1.54) is 24.3 Å². The minimum absolute atomic E-state index is 0.165. The van der Waals surface area contributed by atoms with Crippen molar-refractivity contribution in [1.82, 2.24) is 0 Å². The molecule has 0 saturated heterocycles. The Balaban J connectivity index is 2.01. The van der Waals surface area contributed by atoms with E-state index in [1.807, 2.05) is 30.3 Å². The molecule has 0 aromatic heterocycles. The third-order valence-corrected chi connectivity index (χ3v) is 3.91. The molecule has 0 aliphatic rings. The second-order valence-electron chi connectivity index (χ2n) is 5.24. The highest BCUT2D eigenvalue weighted by Crippen LogP contribution is 2.14. The molecule has 0 amide bonds. The van der Waals surface area contributed by atoms with Gasteiger partial charge in [0.1, 0.15) is 5.60 Å². The molecule has 0 fully saturated rings. The van der Waals surface area contributed by atoms with Gasteiger partial charge in [-0.1, -0.05) is 30.0 Å². The van der Waals surface area contributed by atoms with E-state index in [0.29, 0.717) is 5.69 Å². The van der Waals surface area contributed by atoms with Crippen LogP contribution in [0.2, 0.25) is 0 Å². The first kappa shape index (κ1) is 17.0. The van der Waals surface area contributed by atoms with Crippen molar-refractivity contribution in [2.24, 2.45) is 0 Å². The molecule has 0 aliphatic carbocycles. The van der Waals surface area contributed by atoms with Crippen molar-refractivity contribution in [2.45, 2.75) is 17.4 Å². The fourth-order valence-corrected chi connectivity index (χ4v) is 2.27. The zero-order valence-corrected chi connectivity index (χ0v) is 13.3. The monoisotopic (exact) mass is 331 g/mol. The molecule has 2 aromatic carbocycles. The number of anilines is 1. The SMILES string of the molecule is CC(O)(C#Cc1ccccc1)CNc1ccc(S(=O)(=O)O)cc1. The van der Waals surface area contributed by atoms with Crippen LogP contribution in [-0.2, 0) is 10.1 Å². The van der Waals surface area contributed by atoms with E-state index in [-0.39, 0.29) is 11.4 Å². The molecular formula is C17H17NO4S. The Labute approximate surface area is 135 Å². The summed E-state index contributed by atoms with van der Waals surface area (Å²) in [7, 11) is -4.20. The van der Waals surface area contributed by atoms with Crippen LogP contribution < -0.4 is 5.32 Å². The standard InChI is InChI=1S/C17H17NO4S/c1-17(19,12-11-14-5-3-2-4-6-14)13-18-15-7-9-16(10-8-15)23(20,21)22/h2-10,18-19H,13H2,1H3,(H,20,21,22). The van der Waals surface area contributed by atoms with Crippen LogP contribution in [0.1, 0.15) is 12.5 Å². The Morgan fingerprint density at radius 3 is 2.26 bits per heavy atom. The van der Waals surface area contributed by atoms with Crippen molar-refractivity contribution in [2.75, 3.05) is 11.9 Å². The highest BCUT2D eigenvalue weighted by Gasteiger charge is 2.16. The molecule has 0 spiro atoms. The van der Waals surface area contributed by atoms with Crippen molar-refractivity contribution in [3.8, 4) is 11.8 Å². The lowest BCUT2D eigenvalue weighted by molar-refractivity contribution is 0.136. The quantitative estimate of drug-likeness (QED) is 0.590. The average Bonchev–Trinajstić information content (AvgIpc) is 2.52. The van der Waals surface area contributed by atoms with Gasteiger partial charge in [0, 0.05) is 11.3 Å². The zero-order chi connectivity index (χ0) is 16.9. The molecule has 6 heteroatoms. The van der Waals surface area contributed by atoms with Crippen LogP contribution in [0.3, 0.4) is 0 Å². The van der Waals surface area contributed by atoms with Gasteiger partial charge in [-0.05, 0) is 43.3 Å². The number of benzene rings is 2. The predicted molar refractivity (Wildman–Crippen MR) is 88.7 cm³/mol. The maximum Gasteiger partial charge on any atom is 0.294 e. The third-order valence-electron chi connectivity index (χ3n) is 3.04. The number of hydrogen-bond acceptors (Lipinski definition) is 4. The molecule has 2 rings (SSSR count). The van der Waals surface area contributed by atoms with Gasteiger partial charge in [-0.15, -0.1) is 0 Å². The summed E-state index contributed by atoms with van der Waals surface area (Å²) in [6, 6.07) is 14.9. The molecule has 0 heterocycles. The molecule has 0 saturated carbocycles. The lowest BCUT2D eigenvalue weighted by Gasteiger charge is -2.18. The minimum atomic E-state index is -4.20. The van der Waals surface area contributed by atoms with Gasteiger partial charge >= 0.3 is 0 Å². The highest BCUT2D eigenvalue weighted by molar-refractivity contribution is 7.85. The molecule has 2 aromatic rings. The van der Waals surface area contributed by atoms with Crippen LogP contribution in [0.5, 0.6) is 0 Å². The number of rotatable bonds is 4. The van der Waals surface area contributed by atoms with Crippen molar-refractivity contribution in [3.05, 3.63) is 60.2 Å². The summed E-state index contributed by atoms with van der Waals surface area (Å²) in [6.45, 7) is 1.75. The normalized spacial score (nSPS) is 13.5. The van der Waals surface area contributed by atoms with E-state index in [4.69, 9.17) is 4.55 Å². The fraction of sp³-hybridized carbons (Fsp3) is 0.176. The summed E-state index contributed by atoms with van der Waals surface area (Å²) < 4.78 is 30.8. The lowest BCUT2D eigenvalue weighted by atomic mass is 10.1. The van der Waals surface area contributed by atoms with E-state index in [0.717, 1.165) is 5.56 Å². The van der Waals surface area contributed by atoms with Crippen molar-refractivity contribution >= 4 is 15.8 Å². The van der Waals surface area contributed by atoms with Gasteiger partial charge in [0.05, 0.1) is 11.4 Å². The molecule has 0 radical (unpaired) electrons.